The Kier molecular flexibility index (Phi) is 4.04. The third-order valence-electron chi connectivity index (χ3n) is 3.26. The van der Waals surface area contributed by atoms with Crippen LogP contribution in [-0.2, 0) is 14.9 Å². The summed E-state index contributed by atoms with van der Waals surface area (Å²) >= 11 is 6.21. The second kappa shape index (κ2) is 5.41. The number of halogens is 1. The van der Waals surface area contributed by atoms with Crippen LogP contribution in [0.15, 0.2) is 18.2 Å². The molecule has 4 heteroatoms. The molecule has 0 spiro atoms. The van der Waals surface area contributed by atoms with Crippen molar-refractivity contribution in [3.8, 4) is 5.75 Å². The average molecular weight is 283 g/mol. The first-order chi connectivity index (χ1) is 8.99. The average Bonchev–Trinajstić information content (AvgIpc) is 3.13. The highest BCUT2D eigenvalue weighted by atomic mass is 35.5. The lowest BCUT2D eigenvalue weighted by atomic mass is 9.96. The predicted molar refractivity (Wildman–Crippen MR) is 74.8 cm³/mol. The van der Waals surface area contributed by atoms with Crippen molar-refractivity contribution < 1.29 is 14.3 Å². The van der Waals surface area contributed by atoms with Crippen molar-refractivity contribution in [2.45, 2.75) is 45.1 Å². The number of rotatable bonds is 5. The van der Waals surface area contributed by atoms with E-state index in [4.69, 9.17) is 21.1 Å². The molecule has 0 radical (unpaired) electrons. The van der Waals surface area contributed by atoms with E-state index in [1.165, 1.54) is 0 Å². The second-order valence-corrected chi connectivity index (χ2v) is 5.52. The van der Waals surface area contributed by atoms with Crippen LogP contribution in [-0.4, -0.2) is 18.7 Å². The van der Waals surface area contributed by atoms with Crippen LogP contribution < -0.4 is 4.74 Å². The van der Waals surface area contributed by atoms with Gasteiger partial charge in [-0.05, 0) is 51.3 Å². The quantitative estimate of drug-likeness (QED) is 0.772. The molecule has 0 bridgehead atoms. The number of carbonyl (C=O) groups excluding carboxylic acids is 1. The fourth-order valence-corrected chi connectivity index (χ4v) is 2.38. The van der Waals surface area contributed by atoms with Gasteiger partial charge in [-0.25, -0.2) is 0 Å². The van der Waals surface area contributed by atoms with Gasteiger partial charge in [0, 0.05) is 0 Å². The van der Waals surface area contributed by atoms with Crippen LogP contribution in [0.4, 0.5) is 0 Å². The van der Waals surface area contributed by atoms with Gasteiger partial charge in [-0.1, -0.05) is 17.7 Å². The van der Waals surface area contributed by atoms with E-state index >= 15 is 0 Å². The summed E-state index contributed by atoms with van der Waals surface area (Å²) in [6.45, 7) is 6.12. The number of esters is 1. The normalized spacial score (nSPS) is 16.3. The molecule has 1 fully saturated rings. The van der Waals surface area contributed by atoms with Gasteiger partial charge in [-0.3, -0.25) is 4.79 Å². The molecule has 1 aromatic carbocycles. The minimum Gasteiger partial charge on any atom is -0.489 e. The fraction of sp³-hybridized carbons (Fsp3) is 0.533. The SMILES string of the molecule is CCOC(=O)C1(c2ccc(OC(C)C)c(Cl)c2)CC1. The van der Waals surface area contributed by atoms with E-state index in [0.717, 1.165) is 18.4 Å². The van der Waals surface area contributed by atoms with Gasteiger partial charge in [0.1, 0.15) is 5.75 Å². The molecular weight excluding hydrogens is 264 g/mol. The molecule has 19 heavy (non-hydrogen) atoms. The molecule has 3 nitrogen and oxygen atoms in total. The lowest BCUT2D eigenvalue weighted by Crippen LogP contribution is -2.23. The maximum Gasteiger partial charge on any atom is 0.316 e. The Hall–Kier alpha value is -1.22. The summed E-state index contributed by atoms with van der Waals surface area (Å²) in [6.07, 6.45) is 1.72. The van der Waals surface area contributed by atoms with Crippen molar-refractivity contribution in [2.75, 3.05) is 6.61 Å². The van der Waals surface area contributed by atoms with Gasteiger partial charge < -0.3 is 9.47 Å². The Balaban J connectivity index is 2.23. The number of hydrogen-bond donors (Lipinski definition) is 0. The monoisotopic (exact) mass is 282 g/mol. The van der Waals surface area contributed by atoms with Crippen molar-refractivity contribution >= 4 is 17.6 Å². The molecule has 1 aliphatic carbocycles. The molecule has 1 saturated carbocycles. The van der Waals surface area contributed by atoms with Crippen molar-refractivity contribution in [1.82, 2.24) is 0 Å². The lowest BCUT2D eigenvalue weighted by molar-refractivity contribution is -0.146. The molecule has 0 heterocycles. The van der Waals surface area contributed by atoms with Crippen LogP contribution in [0, 0.1) is 0 Å². The summed E-state index contributed by atoms with van der Waals surface area (Å²) in [4.78, 5) is 12.0. The Morgan fingerprint density at radius 3 is 2.58 bits per heavy atom. The Labute approximate surface area is 118 Å². The summed E-state index contributed by atoms with van der Waals surface area (Å²) in [5, 5.41) is 0.543. The Morgan fingerprint density at radius 1 is 1.42 bits per heavy atom. The third-order valence-corrected chi connectivity index (χ3v) is 3.56. The summed E-state index contributed by atoms with van der Waals surface area (Å²) in [5.74, 6) is 0.503. The van der Waals surface area contributed by atoms with Gasteiger partial charge in [0.15, 0.2) is 0 Å². The van der Waals surface area contributed by atoms with E-state index in [0.29, 0.717) is 17.4 Å². The smallest absolute Gasteiger partial charge is 0.316 e. The molecule has 0 amide bonds. The zero-order chi connectivity index (χ0) is 14.0. The highest BCUT2D eigenvalue weighted by molar-refractivity contribution is 6.32. The molecule has 0 N–H and O–H groups in total. The minimum atomic E-state index is -0.476. The number of carbonyl (C=O) groups is 1. The van der Waals surface area contributed by atoms with E-state index in [1.807, 2.05) is 39.0 Å². The molecule has 2 rings (SSSR count). The van der Waals surface area contributed by atoms with E-state index in [1.54, 1.807) is 0 Å². The summed E-state index contributed by atoms with van der Waals surface area (Å²) < 4.78 is 10.7. The minimum absolute atomic E-state index is 0.0725. The van der Waals surface area contributed by atoms with Crippen LogP contribution in [0.25, 0.3) is 0 Å². The van der Waals surface area contributed by atoms with Gasteiger partial charge in [0.05, 0.1) is 23.1 Å². The van der Waals surface area contributed by atoms with Crippen LogP contribution in [0.5, 0.6) is 5.75 Å². The standard InChI is InChI=1S/C15H19ClO3/c1-4-18-14(17)15(7-8-15)11-5-6-13(12(16)9-11)19-10(2)3/h5-6,9-10H,4,7-8H2,1-3H3. The fourth-order valence-electron chi connectivity index (χ4n) is 2.15. The zero-order valence-electron chi connectivity index (χ0n) is 11.5. The summed E-state index contributed by atoms with van der Waals surface area (Å²) in [7, 11) is 0. The van der Waals surface area contributed by atoms with E-state index < -0.39 is 5.41 Å². The van der Waals surface area contributed by atoms with Crippen LogP contribution in [0.1, 0.15) is 39.2 Å². The van der Waals surface area contributed by atoms with Crippen molar-refractivity contribution in [3.05, 3.63) is 28.8 Å². The first-order valence-corrected chi connectivity index (χ1v) is 7.01. The number of hydrogen-bond acceptors (Lipinski definition) is 3. The zero-order valence-corrected chi connectivity index (χ0v) is 12.3. The second-order valence-electron chi connectivity index (χ2n) is 5.11. The van der Waals surface area contributed by atoms with Crippen LogP contribution in [0.3, 0.4) is 0 Å². The third kappa shape index (κ3) is 2.86. The first kappa shape index (κ1) is 14.2. The highest BCUT2D eigenvalue weighted by Gasteiger charge is 2.52. The molecule has 0 saturated heterocycles. The highest BCUT2D eigenvalue weighted by Crippen LogP contribution is 2.50. The topological polar surface area (TPSA) is 35.5 Å². The predicted octanol–water partition coefficient (Wildman–Crippen LogP) is 3.72. The molecule has 0 unspecified atom stereocenters. The van der Waals surface area contributed by atoms with E-state index in [2.05, 4.69) is 0 Å². The van der Waals surface area contributed by atoms with Crippen LogP contribution in [0.2, 0.25) is 5.02 Å². The summed E-state index contributed by atoms with van der Waals surface area (Å²) in [5.41, 5.74) is 0.447. The van der Waals surface area contributed by atoms with Crippen molar-refractivity contribution in [1.29, 1.82) is 0 Å². The van der Waals surface area contributed by atoms with Gasteiger partial charge >= 0.3 is 5.97 Å². The molecule has 0 aliphatic heterocycles. The first-order valence-electron chi connectivity index (χ1n) is 6.63. The Morgan fingerprint density at radius 2 is 2.11 bits per heavy atom. The molecule has 0 aromatic heterocycles. The Bertz CT molecular complexity index is 478. The van der Waals surface area contributed by atoms with Crippen molar-refractivity contribution in [3.63, 3.8) is 0 Å². The number of benzene rings is 1. The largest absolute Gasteiger partial charge is 0.489 e. The van der Waals surface area contributed by atoms with Gasteiger partial charge in [0.25, 0.3) is 0 Å². The maximum absolute atomic E-state index is 12.0. The molecule has 1 aromatic rings. The molecule has 0 atom stereocenters. The molecule has 1 aliphatic rings. The van der Waals surface area contributed by atoms with Gasteiger partial charge in [-0.15, -0.1) is 0 Å². The van der Waals surface area contributed by atoms with Gasteiger partial charge in [-0.2, -0.15) is 0 Å². The number of ether oxygens (including phenoxy) is 2. The molecular formula is C15H19ClO3. The lowest BCUT2D eigenvalue weighted by Gasteiger charge is -2.17. The summed E-state index contributed by atoms with van der Waals surface area (Å²) in [6, 6.07) is 5.56. The maximum atomic E-state index is 12.0. The van der Waals surface area contributed by atoms with Crippen LogP contribution >= 0.6 is 11.6 Å². The van der Waals surface area contributed by atoms with Crippen molar-refractivity contribution in [2.24, 2.45) is 0 Å². The molecule has 104 valence electrons. The van der Waals surface area contributed by atoms with Gasteiger partial charge in [0.2, 0.25) is 0 Å². The van der Waals surface area contributed by atoms with E-state index in [-0.39, 0.29) is 12.1 Å². The van der Waals surface area contributed by atoms with E-state index in [9.17, 15) is 4.79 Å².